The van der Waals surface area contributed by atoms with Crippen LogP contribution in [0.1, 0.15) is 31.7 Å². The Morgan fingerprint density at radius 1 is 1.33 bits per heavy atom. The molecule has 15 heavy (non-hydrogen) atoms. The lowest BCUT2D eigenvalue weighted by molar-refractivity contribution is -0.127. The molecule has 2 rings (SSSR count). The molecule has 80 valence electrons. The standard InChI is InChI=1S/C13H17NO/c1-10-7-8-13(14,12(15)9-10)11-5-3-2-4-6-11/h2-6,10H,7-9,14H2,1H3. The first-order chi connectivity index (χ1) is 7.13. The molecule has 0 heterocycles. The van der Waals surface area contributed by atoms with E-state index in [2.05, 4.69) is 6.92 Å². The molecule has 0 saturated heterocycles. The number of carbonyl (C=O) groups is 1. The highest BCUT2D eigenvalue weighted by Crippen LogP contribution is 2.34. The third-order valence-electron chi connectivity index (χ3n) is 3.35. The minimum atomic E-state index is -0.728. The molecule has 0 aromatic heterocycles. The largest absolute Gasteiger partial charge is 0.315 e. The number of nitrogens with two attached hydrogens (primary N) is 1. The van der Waals surface area contributed by atoms with Crippen molar-refractivity contribution in [3.05, 3.63) is 35.9 Å². The third kappa shape index (κ3) is 1.82. The summed E-state index contributed by atoms with van der Waals surface area (Å²) in [4.78, 5) is 12.0. The molecular weight excluding hydrogens is 186 g/mol. The maximum atomic E-state index is 12.0. The molecule has 1 aromatic carbocycles. The van der Waals surface area contributed by atoms with E-state index < -0.39 is 5.54 Å². The highest BCUT2D eigenvalue weighted by molar-refractivity contribution is 5.90. The number of hydrogen-bond acceptors (Lipinski definition) is 2. The lowest BCUT2D eigenvalue weighted by atomic mass is 9.73. The molecule has 1 aliphatic rings. The van der Waals surface area contributed by atoms with Crippen LogP contribution in [0.2, 0.25) is 0 Å². The molecule has 1 saturated carbocycles. The fourth-order valence-corrected chi connectivity index (χ4v) is 2.26. The summed E-state index contributed by atoms with van der Waals surface area (Å²) in [7, 11) is 0. The number of Topliss-reactive ketones (excluding diaryl/α,β-unsaturated/α-hetero) is 1. The van der Waals surface area contributed by atoms with Gasteiger partial charge in [0.2, 0.25) is 0 Å². The second kappa shape index (κ2) is 3.78. The zero-order valence-electron chi connectivity index (χ0n) is 9.07. The molecule has 2 N–H and O–H groups in total. The molecule has 0 radical (unpaired) electrons. The molecule has 0 aliphatic heterocycles. The van der Waals surface area contributed by atoms with Gasteiger partial charge in [-0.05, 0) is 24.3 Å². The van der Waals surface area contributed by atoms with E-state index in [9.17, 15) is 4.79 Å². The second-order valence-corrected chi connectivity index (χ2v) is 4.61. The lowest BCUT2D eigenvalue weighted by Gasteiger charge is -2.34. The van der Waals surface area contributed by atoms with Gasteiger partial charge in [-0.2, -0.15) is 0 Å². The number of benzene rings is 1. The Bertz CT molecular complexity index is 360. The van der Waals surface area contributed by atoms with E-state index in [0.717, 1.165) is 18.4 Å². The fraction of sp³-hybridized carbons (Fsp3) is 0.462. The summed E-state index contributed by atoms with van der Waals surface area (Å²) in [6.07, 6.45) is 2.43. The molecule has 0 bridgehead atoms. The maximum absolute atomic E-state index is 12.0. The average molecular weight is 203 g/mol. The van der Waals surface area contributed by atoms with E-state index in [4.69, 9.17) is 5.73 Å². The molecule has 1 aromatic rings. The Morgan fingerprint density at radius 2 is 2.00 bits per heavy atom. The topological polar surface area (TPSA) is 43.1 Å². The normalized spacial score (nSPS) is 31.6. The van der Waals surface area contributed by atoms with Crippen molar-refractivity contribution in [3.8, 4) is 0 Å². The maximum Gasteiger partial charge on any atom is 0.157 e. The van der Waals surface area contributed by atoms with E-state index in [1.165, 1.54) is 0 Å². The van der Waals surface area contributed by atoms with Crippen molar-refractivity contribution in [2.24, 2.45) is 11.7 Å². The summed E-state index contributed by atoms with van der Waals surface area (Å²) in [5, 5.41) is 0. The third-order valence-corrected chi connectivity index (χ3v) is 3.35. The molecule has 2 unspecified atom stereocenters. The smallest absolute Gasteiger partial charge is 0.157 e. The number of carbonyl (C=O) groups excluding carboxylic acids is 1. The SMILES string of the molecule is CC1CCC(N)(c2ccccc2)C(=O)C1. The quantitative estimate of drug-likeness (QED) is 0.760. The van der Waals surface area contributed by atoms with E-state index in [0.29, 0.717) is 12.3 Å². The summed E-state index contributed by atoms with van der Waals surface area (Å²) in [6.45, 7) is 2.11. The molecule has 1 aliphatic carbocycles. The lowest BCUT2D eigenvalue weighted by Crippen LogP contribution is -2.48. The molecule has 0 spiro atoms. The molecule has 2 nitrogen and oxygen atoms in total. The Hall–Kier alpha value is -1.15. The van der Waals surface area contributed by atoms with Crippen molar-refractivity contribution >= 4 is 5.78 Å². The first-order valence-electron chi connectivity index (χ1n) is 5.50. The zero-order valence-corrected chi connectivity index (χ0v) is 9.07. The number of hydrogen-bond donors (Lipinski definition) is 1. The summed E-state index contributed by atoms with van der Waals surface area (Å²) in [5.74, 6) is 0.672. The average Bonchev–Trinajstić information content (AvgIpc) is 2.25. The Labute approximate surface area is 90.5 Å². The van der Waals surface area contributed by atoms with Crippen LogP contribution >= 0.6 is 0 Å². The van der Waals surface area contributed by atoms with Crippen LogP contribution in [0.4, 0.5) is 0 Å². The van der Waals surface area contributed by atoms with Gasteiger partial charge in [-0.25, -0.2) is 0 Å². The van der Waals surface area contributed by atoms with Crippen LogP contribution in [0.15, 0.2) is 30.3 Å². The highest BCUT2D eigenvalue weighted by atomic mass is 16.1. The Balaban J connectivity index is 2.31. The molecule has 1 fully saturated rings. The predicted molar refractivity (Wildman–Crippen MR) is 60.3 cm³/mol. The van der Waals surface area contributed by atoms with Crippen LogP contribution in [-0.2, 0) is 10.3 Å². The highest BCUT2D eigenvalue weighted by Gasteiger charge is 2.39. The molecular formula is C13H17NO. The van der Waals surface area contributed by atoms with Crippen molar-refractivity contribution < 1.29 is 4.79 Å². The monoisotopic (exact) mass is 203 g/mol. The van der Waals surface area contributed by atoms with Gasteiger partial charge in [0.15, 0.2) is 5.78 Å². The minimum absolute atomic E-state index is 0.187. The van der Waals surface area contributed by atoms with Crippen LogP contribution in [-0.4, -0.2) is 5.78 Å². The summed E-state index contributed by atoms with van der Waals surface area (Å²) in [6, 6.07) is 9.73. The van der Waals surface area contributed by atoms with Crippen molar-refractivity contribution in [2.45, 2.75) is 31.7 Å². The minimum Gasteiger partial charge on any atom is -0.315 e. The number of rotatable bonds is 1. The molecule has 2 heteroatoms. The summed E-state index contributed by atoms with van der Waals surface area (Å²) in [5.41, 5.74) is 6.47. The van der Waals surface area contributed by atoms with Crippen LogP contribution < -0.4 is 5.73 Å². The van der Waals surface area contributed by atoms with Crippen molar-refractivity contribution in [3.63, 3.8) is 0 Å². The zero-order chi connectivity index (χ0) is 10.9. The van der Waals surface area contributed by atoms with Crippen molar-refractivity contribution in [1.29, 1.82) is 0 Å². The van der Waals surface area contributed by atoms with Crippen LogP contribution in [0.3, 0.4) is 0 Å². The predicted octanol–water partition coefficient (Wildman–Crippen LogP) is 2.23. The first-order valence-corrected chi connectivity index (χ1v) is 5.50. The van der Waals surface area contributed by atoms with Gasteiger partial charge >= 0.3 is 0 Å². The molecule has 0 amide bonds. The van der Waals surface area contributed by atoms with Crippen LogP contribution in [0.5, 0.6) is 0 Å². The van der Waals surface area contributed by atoms with Gasteiger partial charge in [-0.1, -0.05) is 37.3 Å². The van der Waals surface area contributed by atoms with Gasteiger partial charge in [0.05, 0.1) is 0 Å². The van der Waals surface area contributed by atoms with Gasteiger partial charge in [0, 0.05) is 6.42 Å². The van der Waals surface area contributed by atoms with Gasteiger partial charge in [0.1, 0.15) is 5.54 Å². The van der Waals surface area contributed by atoms with Gasteiger partial charge < -0.3 is 5.73 Å². The van der Waals surface area contributed by atoms with Gasteiger partial charge in [-0.3, -0.25) is 4.79 Å². The van der Waals surface area contributed by atoms with Crippen molar-refractivity contribution in [1.82, 2.24) is 0 Å². The molecule has 2 atom stereocenters. The van der Waals surface area contributed by atoms with Gasteiger partial charge in [-0.15, -0.1) is 0 Å². The summed E-state index contributed by atoms with van der Waals surface area (Å²) >= 11 is 0. The second-order valence-electron chi connectivity index (χ2n) is 4.61. The van der Waals surface area contributed by atoms with Gasteiger partial charge in [0.25, 0.3) is 0 Å². The summed E-state index contributed by atoms with van der Waals surface area (Å²) < 4.78 is 0. The Kier molecular flexibility index (Phi) is 2.61. The van der Waals surface area contributed by atoms with E-state index in [-0.39, 0.29) is 5.78 Å². The van der Waals surface area contributed by atoms with E-state index in [1.807, 2.05) is 30.3 Å². The number of ketones is 1. The first kappa shape index (κ1) is 10.4. The van der Waals surface area contributed by atoms with Crippen molar-refractivity contribution in [2.75, 3.05) is 0 Å². The van der Waals surface area contributed by atoms with E-state index >= 15 is 0 Å². The fourth-order valence-electron chi connectivity index (χ4n) is 2.26. The van der Waals surface area contributed by atoms with E-state index in [1.54, 1.807) is 0 Å². The Morgan fingerprint density at radius 3 is 2.60 bits per heavy atom. The van der Waals surface area contributed by atoms with Crippen LogP contribution in [0.25, 0.3) is 0 Å². The van der Waals surface area contributed by atoms with Crippen LogP contribution in [0, 0.1) is 5.92 Å².